The molecule has 1 aliphatic heterocycles. The normalized spacial score (nSPS) is 21.4. The zero-order valence-electron chi connectivity index (χ0n) is 20.2. The predicted octanol–water partition coefficient (Wildman–Crippen LogP) is 4.85. The number of rotatable bonds is 4. The highest BCUT2D eigenvalue weighted by atomic mass is 19.4. The molecule has 3 aromatic rings. The molecular weight excluding hydrogens is 480 g/mol. The monoisotopic (exact) mass is 506 g/mol. The van der Waals surface area contributed by atoms with E-state index in [1.807, 2.05) is 0 Å². The Morgan fingerprint density at radius 3 is 2.33 bits per heavy atom. The first kappa shape index (κ1) is 25.6. The molecule has 7 nitrogen and oxygen atoms in total. The summed E-state index contributed by atoms with van der Waals surface area (Å²) in [5, 5.41) is -0.0829. The maximum absolute atomic E-state index is 14.1. The Morgan fingerprint density at radius 1 is 1.14 bits per heavy atom. The van der Waals surface area contributed by atoms with Gasteiger partial charge >= 0.3 is 6.18 Å². The minimum Gasteiger partial charge on any atom is -0.486 e. The minimum atomic E-state index is -4.79. The lowest BCUT2D eigenvalue weighted by Gasteiger charge is -2.37. The van der Waals surface area contributed by atoms with Crippen LogP contribution in [-0.4, -0.2) is 45.0 Å². The van der Waals surface area contributed by atoms with Gasteiger partial charge in [-0.3, -0.25) is 9.59 Å². The molecule has 0 aliphatic carbocycles. The Labute approximate surface area is 204 Å². The summed E-state index contributed by atoms with van der Waals surface area (Å²) < 4.78 is 61.2. The third-order valence-electron chi connectivity index (χ3n) is 6.36. The Balaban J connectivity index is 1.57. The fourth-order valence-corrected chi connectivity index (χ4v) is 4.55. The van der Waals surface area contributed by atoms with Crippen LogP contribution in [0.15, 0.2) is 35.1 Å². The summed E-state index contributed by atoms with van der Waals surface area (Å²) in [4.78, 5) is 36.7. The number of carbonyl (C=O) groups excluding carboxylic acids is 1. The van der Waals surface area contributed by atoms with Gasteiger partial charge in [-0.1, -0.05) is 13.8 Å². The Hall–Kier alpha value is -3.50. The zero-order valence-corrected chi connectivity index (χ0v) is 20.2. The largest absolute Gasteiger partial charge is 0.486 e. The number of aromatic nitrogens is 3. The van der Waals surface area contributed by atoms with Gasteiger partial charge in [0.25, 0.3) is 11.5 Å². The molecule has 1 unspecified atom stereocenters. The maximum Gasteiger partial charge on any atom is 0.433 e. The van der Waals surface area contributed by atoms with Crippen molar-refractivity contribution in [2.75, 3.05) is 13.1 Å². The van der Waals surface area contributed by atoms with Crippen LogP contribution in [0.2, 0.25) is 0 Å². The quantitative estimate of drug-likeness (QED) is 0.511. The Morgan fingerprint density at radius 2 is 1.75 bits per heavy atom. The first-order valence-electron chi connectivity index (χ1n) is 11.5. The van der Waals surface area contributed by atoms with Gasteiger partial charge in [0.2, 0.25) is 0 Å². The number of alkyl halides is 4. The van der Waals surface area contributed by atoms with E-state index in [1.54, 1.807) is 18.7 Å². The smallest absolute Gasteiger partial charge is 0.433 e. The SMILES string of the molecule is Cc1nc2nc(C(F)(F)F)c([C@H](C)Oc3ccc(C(=O)N4C[C@@H](C)C(F)[C@@H](C)C4)cc3)cc2c(=O)[nH]1. The number of likely N-dealkylation sites (tertiary alicyclic amines) is 1. The van der Waals surface area contributed by atoms with E-state index < -0.39 is 29.7 Å². The number of pyridine rings is 1. The number of hydrogen-bond donors (Lipinski definition) is 1. The van der Waals surface area contributed by atoms with Crippen molar-refractivity contribution in [1.82, 2.24) is 19.9 Å². The van der Waals surface area contributed by atoms with Crippen LogP contribution in [0.1, 0.15) is 54.3 Å². The molecule has 0 bridgehead atoms. The number of halogens is 4. The maximum atomic E-state index is 14.1. The van der Waals surface area contributed by atoms with E-state index in [1.165, 1.54) is 38.1 Å². The highest BCUT2D eigenvalue weighted by Crippen LogP contribution is 2.36. The molecule has 1 saturated heterocycles. The number of nitrogens with one attached hydrogen (secondary N) is 1. The van der Waals surface area contributed by atoms with Crippen molar-refractivity contribution in [2.45, 2.75) is 46.1 Å². The van der Waals surface area contributed by atoms with E-state index in [-0.39, 0.29) is 45.9 Å². The molecule has 0 saturated carbocycles. The standard InChI is InChI=1S/C25H26F4N4O3/c1-12-10-33(11-13(2)20(12)26)24(35)16-5-7-17(8-6-16)36-14(3)18-9-19-22(30-15(4)31-23(19)34)32-21(18)25(27,28)29/h5-9,12-14,20H,10-11H2,1-4H3,(H,30,31,32,34)/t12-,13+,14-,20?/m0/s1. The van der Waals surface area contributed by atoms with Crippen LogP contribution in [0.25, 0.3) is 11.0 Å². The van der Waals surface area contributed by atoms with Crippen molar-refractivity contribution in [3.05, 3.63) is 63.3 Å². The van der Waals surface area contributed by atoms with Crippen molar-refractivity contribution >= 4 is 16.9 Å². The first-order valence-corrected chi connectivity index (χ1v) is 11.5. The molecule has 0 spiro atoms. The van der Waals surface area contributed by atoms with E-state index in [0.29, 0.717) is 18.7 Å². The second kappa shape index (κ2) is 9.51. The van der Waals surface area contributed by atoms with Gasteiger partial charge in [0.15, 0.2) is 11.3 Å². The predicted molar refractivity (Wildman–Crippen MR) is 125 cm³/mol. The van der Waals surface area contributed by atoms with Gasteiger partial charge in [-0.05, 0) is 44.2 Å². The summed E-state index contributed by atoms with van der Waals surface area (Å²) in [7, 11) is 0. The fraction of sp³-hybridized carbons (Fsp3) is 0.440. The van der Waals surface area contributed by atoms with Crippen LogP contribution < -0.4 is 10.3 Å². The summed E-state index contributed by atoms with van der Waals surface area (Å²) in [5.41, 5.74) is -2.05. The molecule has 1 fully saturated rings. The molecule has 192 valence electrons. The summed E-state index contributed by atoms with van der Waals surface area (Å²) in [6, 6.07) is 7.09. The topological polar surface area (TPSA) is 88.2 Å². The van der Waals surface area contributed by atoms with E-state index in [4.69, 9.17) is 4.74 Å². The zero-order chi connectivity index (χ0) is 26.4. The number of nitrogens with zero attached hydrogens (tertiary/aromatic N) is 3. The number of amides is 1. The van der Waals surface area contributed by atoms with E-state index >= 15 is 0 Å². The fourth-order valence-electron chi connectivity index (χ4n) is 4.55. The molecule has 2 aromatic heterocycles. The second-order valence-corrected chi connectivity index (χ2v) is 9.34. The van der Waals surface area contributed by atoms with Crippen LogP contribution in [0.3, 0.4) is 0 Å². The molecule has 1 aliphatic rings. The van der Waals surface area contributed by atoms with Gasteiger partial charge in [-0.2, -0.15) is 13.2 Å². The number of aromatic amines is 1. The van der Waals surface area contributed by atoms with E-state index in [0.717, 1.165) is 6.07 Å². The molecule has 0 radical (unpaired) electrons. The lowest BCUT2D eigenvalue weighted by molar-refractivity contribution is -0.142. The lowest BCUT2D eigenvalue weighted by Crippen LogP contribution is -2.48. The van der Waals surface area contributed by atoms with Gasteiger partial charge in [-0.15, -0.1) is 0 Å². The van der Waals surface area contributed by atoms with Crippen LogP contribution in [0, 0.1) is 18.8 Å². The summed E-state index contributed by atoms with van der Waals surface area (Å²) in [5.74, 6) is -0.415. The Kier molecular flexibility index (Phi) is 6.76. The van der Waals surface area contributed by atoms with Crippen molar-refractivity contribution in [2.24, 2.45) is 11.8 Å². The average molecular weight is 507 g/mol. The Bertz CT molecular complexity index is 1330. The van der Waals surface area contributed by atoms with Gasteiger partial charge < -0.3 is 14.6 Å². The van der Waals surface area contributed by atoms with Gasteiger partial charge in [-0.25, -0.2) is 14.4 Å². The lowest BCUT2D eigenvalue weighted by atomic mass is 9.89. The number of benzene rings is 1. The van der Waals surface area contributed by atoms with Crippen LogP contribution in [0.5, 0.6) is 5.75 Å². The number of hydrogen-bond acceptors (Lipinski definition) is 5. The number of aryl methyl sites for hydroxylation is 1. The van der Waals surface area contributed by atoms with Crippen LogP contribution in [0.4, 0.5) is 17.6 Å². The van der Waals surface area contributed by atoms with E-state index in [9.17, 15) is 27.2 Å². The number of H-pyrrole nitrogens is 1. The van der Waals surface area contributed by atoms with Crippen LogP contribution >= 0.6 is 0 Å². The molecule has 4 rings (SSSR count). The molecule has 3 heterocycles. The number of carbonyl (C=O) groups is 1. The molecule has 1 N–H and O–H groups in total. The molecule has 11 heteroatoms. The van der Waals surface area contributed by atoms with Gasteiger partial charge in [0.1, 0.15) is 23.8 Å². The number of fused-ring (bicyclic) bond motifs is 1. The molecule has 36 heavy (non-hydrogen) atoms. The summed E-state index contributed by atoms with van der Waals surface area (Å²) in [6.45, 7) is 7.01. The van der Waals surface area contributed by atoms with Gasteiger partial charge in [0.05, 0.1) is 5.39 Å². The molecular formula is C25H26F4N4O3. The van der Waals surface area contributed by atoms with Crippen molar-refractivity contribution in [1.29, 1.82) is 0 Å². The molecule has 1 aromatic carbocycles. The molecule has 1 amide bonds. The molecule has 4 atom stereocenters. The van der Waals surface area contributed by atoms with Crippen molar-refractivity contribution in [3.63, 3.8) is 0 Å². The van der Waals surface area contributed by atoms with Crippen molar-refractivity contribution in [3.8, 4) is 5.75 Å². The third kappa shape index (κ3) is 5.05. The van der Waals surface area contributed by atoms with E-state index in [2.05, 4.69) is 15.0 Å². The first-order chi connectivity index (χ1) is 16.8. The van der Waals surface area contributed by atoms with Crippen molar-refractivity contribution < 1.29 is 27.1 Å². The average Bonchev–Trinajstić information content (AvgIpc) is 2.80. The summed E-state index contributed by atoms with van der Waals surface area (Å²) >= 11 is 0. The second-order valence-electron chi connectivity index (χ2n) is 9.34. The summed E-state index contributed by atoms with van der Waals surface area (Å²) in [6.07, 6.45) is -6.88. The number of piperidine rings is 1. The number of ether oxygens (including phenoxy) is 1. The highest BCUT2D eigenvalue weighted by Gasteiger charge is 2.38. The van der Waals surface area contributed by atoms with Crippen LogP contribution in [-0.2, 0) is 6.18 Å². The van der Waals surface area contributed by atoms with Gasteiger partial charge in [0, 0.05) is 36.1 Å². The minimum absolute atomic E-state index is 0.0829. The highest BCUT2D eigenvalue weighted by molar-refractivity contribution is 5.94. The third-order valence-corrected chi connectivity index (χ3v) is 6.36.